The van der Waals surface area contributed by atoms with Crippen molar-refractivity contribution in [3.8, 4) is 0 Å². The summed E-state index contributed by atoms with van der Waals surface area (Å²) in [5, 5.41) is 3.51. The molecule has 3 heteroatoms. The molecule has 100 valence electrons. The van der Waals surface area contributed by atoms with Gasteiger partial charge in [-0.15, -0.1) is 0 Å². The van der Waals surface area contributed by atoms with E-state index in [9.17, 15) is 0 Å². The Labute approximate surface area is 111 Å². The minimum Gasteiger partial charge on any atom is -0.316 e. The fourth-order valence-electron chi connectivity index (χ4n) is 2.98. The molecule has 0 saturated carbocycles. The predicted octanol–water partition coefficient (Wildman–Crippen LogP) is 2.29. The lowest BCUT2D eigenvalue weighted by molar-refractivity contribution is 0.0567. The summed E-state index contributed by atoms with van der Waals surface area (Å²) in [5.41, 5.74) is 1.51. The molecule has 1 N–H and O–H groups in total. The first-order chi connectivity index (χ1) is 8.63. The molecular weight excluding hydrogens is 222 g/mol. The average Bonchev–Trinajstić information content (AvgIpc) is 2.37. The predicted molar refractivity (Wildman–Crippen MR) is 75.4 cm³/mol. The van der Waals surface area contributed by atoms with E-state index in [-0.39, 0.29) is 0 Å². The van der Waals surface area contributed by atoms with Crippen LogP contribution in [0.5, 0.6) is 0 Å². The molecule has 0 aliphatic carbocycles. The normalized spacial score (nSPS) is 23.2. The first kappa shape index (κ1) is 13.5. The van der Waals surface area contributed by atoms with E-state index in [0.717, 1.165) is 26.2 Å². The number of hydrogen-bond donors (Lipinski definition) is 1. The van der Waals surface area contributed by atoms with Crippen LogP contribution >= 0.6 is 0 Å². The molecule has 1 unspecified atom stereocenters. The van der Waals surface area contributed by atoms with Crippen LogP contribution in [0.3, 0.4) is 0 Å². The van der Waals surface area contributed by atoms with Crippen molar-refractivity contribution < 1.29 is 0 Å². The fourth-order valence-corrected chi connectivity index (χ4v) is 2.98. The van der Waals surface area contributed by atoms with E-state index in [1.54, 1.807) is 0 Å². The van der Waals surface area contributed by atoms with Crippen molar-refractivity contribution in [3.63, 3.8) is 0 Å². The molecule has 3 nitrogen and oxygen atoms in total. The Morgan fingerprint density at radius 2 is 2.28 bits per heavy atom. The second kappa shape index (κ2) is 5.81. The lowest BCUT2D eigenvalue weighted by Crippen LogP contribution is -2.54. The number of nitrogens with zero attached hydrogens (tertiary/aromatic N) is 2. The van der Waals surface area contributed by atoms with Crippen LogP contribution in [0.1, 0.15) is 32.9 Å². The average molecular weight is 247 g/mol. The monoisotopic (exact) mass is 247 g/mol. The van der Waals surface area contributed by atoms with Crippen LogP contribution in [-0.2, 0) is 6.54 Å². The van der Waals surface area contributed by atoms with Crippen molar-refractivity contribution in [2.75, 3.05) is 19.6 Å². The maximum atomic E-state index is 4.45. The highest BCUT2D eigenvalue weighted by Gasteiger charge is 2.35. The summed E-state index contributed by atoms with van der Waals surface area (Å²) < 4.78 is 0. The van der Waals surface area contributed by atoms with Crippen molar-refractivity contribution in [2.24, 2.45) is 5.41 Å². The number of aromatic nitrogens is 1. The molecule has 0 amide bonds. The van der Waals surface area contributed by atoms with Gasteiger partial charge in [0.05, 0.1) is 5.69 Å². The summed E-state index contributed by atoms with van der Waals surface area (Å²) in [6.07, 6.45) is 3.12. The third kappa shape index (κ3) is 3.09. The number of piperidine rings is 1. The van der Waals surface area contributed by atoms with Crippen LogP contribution in [-0.4, -0.2) is 35.6 Å². The molecule has 18 heavy (non-hydrogen) atoms. The molecular formula is C15H25N3. The molecule has 0 spiro atoms. The van der Waals surface area contributed by atoms with Gasteiger partial charge in [0.25, 0.3) is 0 Å². The van der Waals surface area contributed by atoms with Gasteiger partial charge in [-0.25, -0.2) is 0 Å². The topological polar surface area (TPSA) is 28.2 Å². The minimum atomic E-state index is 0.336. The van der Waals surface area contributed by atoms with Crippen LogP contribution in [0, 0.1) is 5.41 Å². The first-order valence-electron chi connectivity index (χ1n) is 6.98. The summed E-state index contributed by atoms with van der Waals surface area (Å²) in [5.74, 6) is 0. The second-order valence-corrected chi connectivity index (χ2v) is 5.85. The zero-order valence-corrected chi connectivity index (χ0v) is 11.8. The van der Waals surface area contributed by atoms with E-state index in [0.29, 0.717) is 11.5 Å². The van der Waals surface area contributed by atoms with Gasteiger partial charge in [-0.1, -0.05) is 26.8 Å². The van der Waals surface area contributed by atoms with E-state index < -0.39 is 0 Å². The van der Waals surface area contributed by atoms with E-state index in [2.05, 4.69) is 48.1 Å². The third-order valence-corrected chi connectivity index (χ3v) is 4.02. The van der Waals surface area contributed by atoms with E-state index in [1.807, 2.05) is 12.3 Å². The van der Waals surface area contributed by atoms with Crippen LogP contribution in [0.4, 0.5) is 0 Å². The quantitative estimate of drug-likeness (QED) is 0.885. The zero-order valence-electron chi connectivity index (χ0n) is 11.8. The van der Waals surface area contributed by atoms with Gasteiger partial charge in [-0.3, -0.25) is 9.88 Å². The highest BCUT2D eigenvalue weighted by Crippen LogP contribution is 2.30. The molecule has 1 fully saturated rings. The lowest BCUT2D eigenvalue weighted by Gasteiger charge is -2.45. The first-order valence-corrected chi connectivity index (χ1v) is 6.98. The molecule has 0 bridgehead atoms. The molecule has 1 saturated heterocycles. The largest absolute Gasteiger partial charge is 0.316 e. The Balaban J connectivity index is 2.08. The zero-order chi connectivity index (χ0) is 13.0. The number of pyridine rings is 1. The Morgan fingerprint density at radius 1 is 1.44 bits per heavy atom. The van der Waals surface area contributed by atoms with Crippen LogP contribution in [0.2, 0.25) is 0 Å². The van der Waals surface area contributed by atoms with Crippen molar-refractivity contribution >= 4 is 0 Å². The van der Waals surface area contributed by atoms with E-state index in [1.165, 1.54) is 12.1 Å². The Hall–Kier alpha value is -0.930. The summed E-state index contributed by atoms with van der Waals surface area (Å²) in [6.45, 7) is 11.3. The standard InChI is InChI=1S/C15H25N3/c1-4-18(11-13-7-5-6-9-17-13)14-8-10-16-12-15(14,2)3/h5-7,9,14,16H,4,8,10-12H2,1-3H3. The van der Waals surface area contributed by atoms with Gasteiger partial charge in [0.15, 0.2) is 0 Å². The van der Waals surface area contributed by atoms with Crippen molar-refractivity contribution in [1.82, 2.24) is 15.2 Å². The molecule has 1 aliphatic heterocycles. The maximum absolute atomic E-state index is 4.45. The molecule has 1 aromatic rings. The second-order valence-electron chi connectivity index (χ2n) is 5.85. The minimum absolute atomic E-state index is 0.336. The van der Waals surface area contributed by atoms with Gasteiger partial charge in [-0.2, -0.15) is 0 Å². The van der Waals surface area contributed by atoms with Crippen molar-refractivity contribution in [1.29, 1.82) is 0 Å². The number of rotatable bonds is 4. The van der Waals surface area contributed by atoms with Crippen molar-refractivity contribution in [3.05, 3.63) is 30.1 Å². The van der Waals surface area contributed by atoms with Gasteiger partial charge < -0.3 is 5.32 Å². The number of hydrogen-bond acceptors (Lipinski definition) is 3. The lowest BCUT2D eigenvalue weighted by atomic mass is 9.79. The summed E-state index contributed by atoms with van der Waals surface area (Å²) in [4.78, 5) is 7.02. The van der Waals surface area contributed by atoms with Gasteiger partial charge in [0.2, 0.25) is 0 Å². The van der Waals surface area contributed by atoms with Gasteiger partial charge >= 0.3 is 0 Å². The smallest absolute Gasteiger partial charge is 0.0544 e. The SMILES string of the molecule is CCN(Cc1ccccn1)C1CCNCC1(C)C. The number of nitrogens with one attached hydrogen (secondary N) is 1. The van der Waals surface area contributed by atoms with Crippen LogP contribution in [0.15, 0.2) is 24.4 Å². The highest BCUT2D eigenvalue weighted by atomic mass is 15.2. The Bertz CT molecular complexity index is 361. The van der Waals surface area contributed by atoms with Crippen molar-refractivity contribution in [2.45, 2.75) is 39.8 Å². The van der Waals surface area contributed by atoms with Crippen LogP contribution < -0.4 is 5.32 Å². The van der Waals surface area contributed by atoms with Gasteiger partial charge in [0, 0.05) is 25.3 Å². The summed E-state index contributed by atoms with van der Waals surface area (Å²) in [7, 11) is 0. The molecule has 0 aromatic carbocycles. The fraction of sp³-hybridized carbons (Fsp3) is 0.667. The van der Waals surface area contributed by atoms with Gasteiger partial charge in [0.1, 0.15) is 0 Å². The maximum Gasteiger partial charge on any atom is 0.0544 e. The molecule has 2 rings (SSSR count). The molecule has 1 atom stereocenters. The highest BCUT2D eigenvalue weighted by molar-refractivity contribution is 5.04. The van der Waals surface area contributed by atoms with E-state index >= 15 is 0 Å². The van der Waals surface area contributed by atoms with Crippen LogP contribution in [0.25, 0.3) is 0 Å². The Kier molecular flexibility index (Phi) is 4.36. The third-order valence-electron chi connectivity index (χ3n) is 4.02. The summed E-state index contributed by atoms with van der Waals surface area (Å²) in [6, 6.07) is 6.82. The van der Waals surface area contributed by atoms with Gasteiger partial charge in [-0.05, 0) is 37.1 Å². The Morgan fingerprint density at radius 3 is 2.89 bits per heavy atom. The molecule has 1 aromatic heterocycles. The molecule has 2 heterocycles. The van der Waals surface area contributed by atoms with E-state index in [4.69, 9.17) is 0 Å². The molecule has 0 radical (unpaired) electrons. The summed E-state index contributed by atoms with van der Waals surface area (Å²) >= 11 is 0. The molecule has 1 aliphatic rings.